The van der Waals surface area contributed by atoms with Crippen LogP contribution in [0.3, 0.4) is 0 Å². The molecule has 0 aliphatic carbocycles. The van der Waals surface area contributed by atoms with Gasteiger partial charge < -0.3 is 10.2 Å². The first-order chi connectivity index (χ1) is 8.49. The molecule has 1 N–H and O–H groups in total. The highest BCUT2D eigenvalue weighted by atomic mass is 79.9. The Labute approximate surface area is 112 Å². The van der Waals surface area contributed by atoms with Crippen LogP contribution >= 0.6 is 15.9 Å². The third-order valence-corrected chi connectivity index (χ3v) is 3.53. The molecule has 0 aromatic heterocycles. The van der Waals surface area contributed by atoms with Crippen molar-refractivity contribution < 1.29 is 9.31 Å². The summed E-state index contributed by atoms with van der Waals surface area (Å²) in [6, 6.07) is 2.69. The van der Waals surface area contributed by atoms with Crippen LogP contribution in [0.5, 0.6) is 0 Å². The number of piperazine rings is 1. The van der Waals surface area contributed by atoms with Gasteiger partial charge >= 0.3 is 0 Å². The van der Waals surface area contributed by atoms with Crippen LogP contribution in [0.4, 0.5) is 15.8 Å². The van der Waals surface area contributed by atoms with E-state index in [1.807, 2.05) is 11.8 Å². The van der Waals surface area contributed by atoms with Gasteiger partial charge in [0.05, 0.1) is 15.5 Å². The summed E-state index contributed by atoms with van der Waals surface area (Å²) >= 11 is 3.07. The Morgan fingerprint density at radius 1 is 1.61 bits per heavy atom. The molecule has 5 nitrogen and oxygen atoms in total. The molecule has 0 radical (unpaired) electrons. The molecule has 0 spiro atoms. The molecule has 1 aromatic carbocycles. The van der Waals surface area contributed by atoms with Gasteiger partial charge in [-0.2, -0.15) is 0 Å². The minimum atomic E-state index is -0.617. The molecule has 1 aromatic rings. The first-order valence-corrected chi connectivity index (χ1v) is 6.40. The van der Waals surface area contributed by atoms with E-state index in [0.29, 0.717) is 18.8 Å². The minimum Gasteiger partial charge on any atom is -0.363 e. The van der Waals surface area contributed by atoms with Crippen LogP contribution < -0.4 is 10.2 Å². The van der Waals surface area contributed by atoms with Crippen LogP contribution in [0.25, 0.3) is 0 Å². The summed E-state index contributed by atoms with van der Waals surface area (Å²) in [4.78, 5) is 12.4. The van der Waals surface area contributed by atoms with Gasteiger partial charge in [0, 0.05) is 25.7 Å². The zero-order chi connectivity index (χ0) is 13.3. The fourth-order valence-corrected chi connectivity index (χ4v) is 2.41. The van der Waals surface area contributed by atoms with Crippen molar-refractivity contribution in [3.8, 4) is 0 Å². The lowest BCUT2D eigenvalue weighted by molar-refractivity contribution is -0.384. The molecule has 1 heterocycles. The highest BCUT2D eigenvalue weighted by Gasteiger charge is 2.25. The number of nitrogens with zero attached hydrogens (tertiary/aromatic N) is 2. The molecule has 98 valence electrons. The molecule has 1 fully saturated rings. The van der Waals surface area contributed by atoms with Crippen molar-refractivity contribution in [3.63, 3.8) is 0 Å². The molecule has 0 amide bonds. The van der Waals surface area contributed by atoms with Crippen LogP contribution in [0, 0.1) is 15.9 Å². The van der Waals surface area contributed by atoms with Gasteiger partial charge in [0.25, 0.3) is 5.69 Å². The van der Waals surface area contributed by atoms with E-state index in [9.17, 15) is 14.5 Å². The lowest BCUT2D eigenvalue weighted by Crippen LogP contribution is -2.49. The normalized spacial score (nSPS) is 19.9. The smallest absolute Gasteiger partial charge is 0.295 e. The number of halogens is 2. The Kier molecular flexibility index (Phi) is 3.82. The van der Waals surface area contributed by atoms with Crippen molar-refractivity contribution in [2.45, 2.75) is 13.0 Å². The summed E-state index contributed by atoms with van der Waals surface area (Å²) in [6.07, 6.45) is 0. The Morgan fingerprint density at radius 2 is 2.33 bits per heavy atom. The molecule has 1 aliphatic heterocycles. The van der Waals surface area contributed by atoms with Gasteiger partial charge in [-0.05, 0) is 28.9 Å². The maximum absolute atomic E-state index is 13.4. The number of hydrogen-bond donors (Lipinski definition) is 1. The molecular formula is C11H13BrFN3O2. The number of hydrogen-bond acceptors (Lipinski definition) is 4. The van der Waals surface area contributed by atoms with Crippen molar-refractivity contribution >= 4 is 27.3 Å². The maximum Gasteiger partial charge on any atom is 0.295 e. The summed E-state index contributed by atoms with van der Waals surface area (Å²) in [6.45, 7) is 4.10. The van der Waals surface area contributed by atoms with Crippen LogP contribution in [0.15, 0.2) is 16.6 Å². The zero-order valence-corrected chi connectivity index (χ0v) is 11.4. The Morgan fingerprint density at radius 3 is 2.94 bits per heavy atom. The molecule has 1 aliphatic rings. The Hall–Kier alpha value is -1.21. The van der Waals surface area contributed by atoms with Gasteiger partial charge in [0.1, 0.15) is 11.5 Å². The van der Waals surface area contributed by atoms with Crippen LogP contribution in [-0.2, 0) is 0 Å². The maximum atomic E-state index is 13.4. The van der Waals surface area contributed by atoms with E-state index < -0.39 is 10.7 Å². The third-order valence-electron chi connectivity index (χ3n) is 2.92. The van der Waals surface area contributed by atoms with Crippen molar-refractivity contribution in [1.82, 2.24) is 5.32 Å². The van der Waals surface area contributed by atoms with E-state index in [-0.39, 0.29) is 16.2 Å². The molecule has 1 atom stereocenters. The molecule has 2 rings (SSSR count). The topological polar surface area (TPSA) is 58.4 Å². The second-order valence-electron chi connectivity index (χ2n) is 4.31. The molecule has 0 unspecified atom stereocenters. The number of nitrogens with one attached hydrogen (secondary N) is 1. The predicted octanol–water partition coefficient (Wildman–Crippen LogP) is 2.29. The average molecular weight is 318 g/mol. The van der Waals surface area contributed by atoms with Gasteiger partial charge in [0.15, 0.2) is 0 Å². The minimum absolute atomic E-state index is 0.190. The quantitative estimate of drug-likeness (QED) is 0.671. The van der Waals surface area contributed by atoms with Crippen LogP contribution in [-0.4, -0.2) is 30.6 Å². The first kappa shape index (κ1) is 13.2. The molecule has 18 heavy (non-hydrogen) atoms. The average Bonchev–Trinajstić information content (AvgIpc) is 2.31. The van der Waals surface area contributed by atoms with Gasteiger partial charge in [-0.1, -0.05) is 0 Å². The summed E-state index contributed by atoms with van der Waals surface area (Å²) in [5.41, 5.74) is 0.270. The highest BCUT2D eigenvalue weighted by molar-refractivity contribution is 9.10. The lowest BCUT2D eigenvalue weighted by Gasteiger charge is -2.33. The van der Waals surface area contributed by atoms with Crippen LogP contribution in [0.2, 0.25) is 0 Å². The zero-order valence-electron chi connectivity index (χ0n) is 9.82. The Bertz CT molecular complexity index is 484. The molecule has 0 bridgehead atoms. The number of rotatable bonds is 2. The van der Waals surface area contributed by atoms with Gasteiger partial charge in [0.2, 0.25) is 0 Å². The SMILES string of the molecule is C[C@H]1CN(c2cc(Br)c(F)cc2[N+](=O)[O-])CCN1. The summed E-state index contributed by atoms with van der Waals surface area (Å²) < 4.78 is 13.6. The van der Waals surface area contributed by atoms with E-state index in [4.69, 9.17) is 0 Å². The van der Waals surface area contributed by atoms with E-state index in [2.05, 4.69) is 21.2 Å². The van der Waals surface area contributed by atoms with Gasteiger partial charge in [-0.25, -0.2) is 4.39 Å². The fourth-order valence-electron chi connectivity index (χ4n) is 2.08. The van der Waals surface area contributed by atoms with Crippen molar-refractivity contribution in [2.75, 3.05) is 24.5 Å². The van der Waals surface area contributed by atoms with Crippen molar-refractivity contribution in [1.29, 1.82) is 0 Å². The molecule has 0 saturated carbocycles. The van der Waals surface area contributed by atoms with Crippen LogP contribution in [0.1, 0.15) is 6.92 Å². The Balaban J connectivity index is 2.41. The standard InChI is InChI=1S/C11H13BrFN3O2/c1-7-6-15(3-2-14-7)10-4-8(12)9(13)5-11(10)16(17)18/h4-5,7,14H,2-3,6H2,1H3/t7-/m0/s1. The first-order valence-electron chi connectivity index (χ1n) is 5.61. The third kappa shape index (κ3) is 2.62. The van der Waals surface area contributed by atoms with Gasteiger partial charge in [-0.3, -0.25) is 10.1 Å². The second kappa shape index (κ2) is 5.19. The summed E-state index contributed by atoms with van der Waals surface area (Å²) in [7, 11) is 0. The van der Waals surface area contributed by atoms with E-state index in [1.54, 1.807) is 0 Å². The fraction of sp³-hybridized carbons (Fsp3) is 0.455. The predicted molar refractivity (Wildman–Crippen MR) is 70.4 cm³/mol. The van der Waals surface area contributed by atoms with E-state index in [1.165, 1.54) is 6.07 Å². The molecule has 7 heteroatoms. The monoisotopic (exact) mass is 317 g/mol. The highest BCUT2D eigenvalue weighted by Crippen LogP contribution is 2.33. The lowest BCUT2D eigenvalue weighted by atomic mass is 10.2. The number of anilines is 1. The summed E-state index contributed by atoms with van der Waals surface area (Å²) in [5.74, 6) is -0.617. The molecule has 1 saturated heterocycles. The van der Waals surface area contributed by atoms with E-state index in [0.717, 1.165) is 12.6 Å². The molecular weight excluding hydrogens is 305 g/mol. The summed E-state index contributed by atoms with van der Waals surface area (Å²) in [5, 5.41) is 14.2. The van der Waals surface area contributed by atoms with Crippen molar-refractivity contribution in [2.24, 2.45) is 0 Å². The largest absolute Gasteiger partial charge is 0.363 e. The second-order valence-corrected chi connectivity index (χ2v) is 5.17. The van der Waals surface area contributed by atoms with Crippen molar-refractivity contribution in [3.05, 3.63) is 32.5 Å². The van der Waals surface area contributed by atoms with E-state index >= 15 is 0 Å². The number of nitro benzene ring substituents is 1. The number of nitro groups is 1. The number of benzene rings is 1. The van der Waals surface area contributed by atoms with Gasteiger partial charge in [-0.15, -0.1) is 0 Å².